The second-order valence-corrected chi connectivity index (χ2v) is 13.7. The molecule has 0 N–H and O–H groups in total. The topological polar surface area (TPSA) is 101 Å². The van der Waals surface area contributed by atoms with Gasteiger partial charge in [0.05, 0.1) is 18.8 Å². The lowest BCUT2D eigenvalue weighted by molar-refractivity contribution is -0.178. The number of esters is 2. The van der Waals surface area contributed by atoms with Crippen molar-refractivity contribution in [3.63, 3.8) is 0 Å². The SMILES string of the molecule is CCCCCCCCCCCCOC(=O)OC1(C(=O)OC(=O)c2ccccc2)CCN(Oc2ccc(OCCCCCCCCCC)cc2)CC1. The van der Waals surface area contributed by atoms with Crippen LogP contribution in [0.5, 0.6) is 11.5 Å². The molecule has 0 aliphatic carbocycles. The first kappa shape index (κ1) is 41.8. The molecule has 3 rings (SSSR count). The number of ether oxygens (including phenoxy) is 4. The van der Waals surface area contributed by atoms with Gasteiger partial charge in [0.1, 0.15) is 11.5 Å². The number of hydrogen-bond acceptors (Lipinski definition) is 9. The quantitative estimate of drug-likeness (QED) is 0.0536. The highest BCUT2D eigenvalue weighted by molar-refractivity contribution is 5.99. The van der Waals surface area contributed by atoms with Crippen LogP contribution in [-0.2, 0) is 19.0 Å². The van der Waals surface area contributed by atoms with E-state index in [9.17, 15) is 14.4 Å². The van der Waals surface area contributed by atoms with Gasteiger partial charge in [0, 0.05) is 25.9 Å². The Morgan fingerprint density at radius 3 is 1.65 bits per heavy atom. The molecule has 1 aliphatic heterocycles. The van der Waals surface area contributed by atoms with Crippen molar-refractivity contribution >= 4 is 18.1 Å². The molecule has 1 saturated heterocycles. The van der Waals surface area contributed by atoms with Crippen LogP contribution in [0.3, 0.4) is 0 Å². The number of unbranched alkanes of at least 4 members (excludes halogenated alkanes) is 16. The minimum absolute atomic E-state index is 0.0705. The number of piperidine rings is 1. The van der Waals surface area contributed by atoms with Gasteiger partial charge in [-0.15, -0.1) is 5.06 Å². The standard InChI is InChI=1S/C42H63NO8/c1-3-5-7-9-11-13-14-16-18-23-35-48-41(46)50-42(40(45)49-39(44)36-24-20-19-21-25-36)30-32-43(33-31-42)51-38-28-26-37(27-29-38)47-34-22-17-15-12-10-8-6-4-2/h19-21,24-29H,3-18,22-23,30-35H2,1-2H3. The zero-order valence-electron chi connectivity index (χ0n) is 31.4. The van der Waals surface area contributed by atoms with Gasteiger partial charge < -0.3 is 23.8 Å². The van der Waals surface area contributed by atoms with Crippen LogP contribution in [0.4, 0.5) is 4.79 Å². The van der Waals surface area contributed by atoms with E-state index in [0.29, 0.717) is 12.4 Å². The summed E-state index contributed by atoms with van der Waals surface area (Å²) in [7, 11) is 0. The van der Waals surface area contributed by atoms with Crippen molar-refractivity contribution in [1.82, 2.24) is 5.06 Å². The van der Waals surface area contributed by atoms with E-state index in [1.54, 1.807) is 35.4 Å². The third kappa shape index (κ3) is 17.0. The van der Waals surface area contributed by atoms with Crippen LogP contribution in [0.1, 0.15) is 153 Å². The van der Waals surface area contributed by atoms with E-state index in [2.05, 4.69) is 13.8 Å². The molecule has 2 aromatic rings. The Kier molecular flexibility index (Phi) is 20.8. The van der Waals surface area contributed by atoms with E-state index in [0.717, 1.165) is 31.4 Å². The number of rotatable bonds is 26. The van der Waals surface area contributed by atoms with Crippen LogP contribution in [0.2, 0.25) is 0 Å². The zero-order chi connectivity index (χ0) is 36.4. The summed E-state index contributed by atoms with van der Waals surface area (Å²) in [6.45, 7) is 5.88. The van der Waals surface area contributed by atoms with Crippen molar-refractivity contribution < 1.29 is 38.2 Å². The lowest BCUT2D eigenvalue weighted by Crippen LogP contribution is -2.54. The number of carbonyl (C=O) groups is 3. The van der Waals surface area contributed by atoms with E-state index in [1.807, 2.05) is 24.3 Å². The molecular formula is C42H63NO8. The number of hydroxylamine groups is 2. The minimum atomic E-state index is -1.67. The monoisotopic (exact) mass is 709 g/mol. The Balaban J connectivity index is 1.43. The zero-order valence-corrected chi connectivity index (χ0v) is 31.4. The minimum Gasteiger partial charge on any atom is -0.494 e. The van der Waals surface area contributed by atoms with Crippen molar-refractivity contribution in [2.45, 2.75) is 148 Å². The predicted octanol–water partition coefficient (Wildman–Crippen LogP) is 10.8. The van der Waals surface area contributed by atoms with E-state index in [1.165, 1.54) is 89.9 Å². The number of benzene rings is 2. The molecule has 0 unspecified atom stereocenters. The summed E-state index contributed by atoms with van der Waals surface area (Å²) in [6, 6.07) is 15.7. The molecule has 0 amide bonds. The summed E-state index contributed by atoms with van der Waals surface area (Å²) >= 11 is 0. The van der Waals surface area contributed by atoms with Gasteiger partial charge in [0.15, 0.2) is 0 Å². The van der Waals surface area contributed by atoms with Gasteiger partial charge in [-0.2, -0.15) is 0 Å². The molecule has 0 aromatic heterocycles. The van der Waals surface area contributed by atoms with Gasteiger partial charge in [-0.05, 0) is 49.2 Å². The molecule has 0 bridgehead atoms. The van der Waals surface area contributed by atoms with Crippen molar-refractivity contribution in [2.75, 3.05) is 26.3 Å². The average molecular weight is 710 g/mol. The molecule has 9 heteroatoms. The number of carbonyl (C=O) groups excluding carboxylic acids is 3. The summed E-state index contributed by atoms with van der Waals surface area (Å²) in [5, 5.41) is 1.71. The van der Waals surface area contributed by atoms with Crippen LogP contribution in [0.15, 0.2) is 54.6 Å². The summed E-state index contributed by atoms with van der Waals surface area (Å²) < 4.78 is 22.2. The maximum Gasteiger partial charge on any atom is 0.509 e. The number of hydrogen-bond donors (Lipinski definition) is 0. The maximum absolute atomic E-state index is 13.5. The molecule has 0 spiro atoms. The van der Waals surface area contributed by atoms with Crippen molar-refractivity contribution in [3.8, 4) is 11.5 Å². The Labute approximate surface area is 306 Å². The Hall–Kier alpha value is -3.59. The molecule has 2 aromatic carbocycles. The van der Waals surface area contributed by atoms with E-state index >= 15 is 0 Å². The van der Waals surface area contributed by atoms with Gasteiger partial charge in [0.2, 0.25) is 5.60 Å². The fourth-order valence-corrected chi connectivity index (χ4v) is 6.20. The smallest absolute Gasteiger partial charge is 0.494 e. The van der Waals surface area contributed by atoms with Crippen LogP contribution in [0, 0.1) is 0 Å². The lowest BCUT2D eigenvalue weighted by atomic mass is 9.92. The second kappa shape index (κ2) is 25.4. The first-order chi connectivity index (χ1) is 25.0. The van der Waals surface area contributed by atoms with Gasteiger partial charge in [0.25, 0.3) is 0 Å². The average Bonchev–Trinajstić information content (AvgIpc) is 3.15. The third-order valence-corrected chi connectivity index (χ3v) is 9.42. The number of nitrogens with zero attached hydrogens (tertiary/aromatic N) is 1. The van der Waals surface area contributed by atoms with Crippen LogP contribution < -0.4 is 9.57 Å². The largest absolute Gasteiger partial charge is 0.509 e. The fraction of sp³-hybridized carbons (Fsp3) is 0.643. The predicted molar refractivity (Wildman–Crippen MR) is 200 cm³/mol. The summed E-state index contributed by atoms with van der Waals surface area (Å²) in [6.07, 6.45) is 20.9. The van der Waals surface area contributed by atoms with E-state index < -0.39 is 23.7 Å². The first-order valence-electron chi connectivity index (χ1n) is 19.8. The highest BCUT2D eigenvalue weighted by Crippen LogP contribution is 2.31. The Bertz CT molecular complexity index is 1230. The summed E-state index contributed by atoms with van der Waals surface area (Å²) in [4.78, 5) is 45.1. The molecule has 51 heavy (non-hydrogen) atoms. The molecule has 1 fully saturated rings. The molecular weight excluding hydrogens is 646 g/mol. The van der Waals surface area contributed by atoms with Crippen LogP contribution in [-0.4, -0.2) is 55.1 Å². The lowest BCUT2D eigenvalue weighted by Gasteiger charge is -2.37. The van der Waals surface area contributed by atoms with Gasteiger partial charge in [-0.25, -0.2) is 14.4 Å². The first-order valence-corrected chi connectivity index (χ1v) is 19.8. The van der Waals surface area contributed by atoms with Crippen LogP contribution in [0.25, 0.3) is 0 Å². The molecule has 0 saturated carbocycles. The van der Waals surface area contributed by atoms with Crippen molar-refractivity contribution in [1.29, 1.82) is 0 Å². The van der Waals surface area contributed by atoms with Crippen LogP contribution >= 0.6 is 0 Å². The van der Waals surface area contributed by atoms with Crippen molar-refractivity contribution in [3.05, 3.63) is 60.2 Å². The van der Waals surface area contributed by atoms with Gasteiger partial charge in [-0.1, -0.05) is 135 Å². The highest BCUT2D eigenvalue weighted by Gasteiger charge is 2.48. The molecule has 1 heterocycles. The molecule has 284 valence electrons. The highest BCUT2D eigenvalue weighted by atomic mass is 16.7. The Morgan fingerprint density at radius 1 is 0.608 bits per heavy atom. The third-order valence-electron chi connectivity index (χ3n) is 9.42. The van der Waals surface area contributed by atoms with Gasteiger partial charge in [-0.3, -0.25) is 0 Å². The molecule has 0 atom stereocenters. The summed E-state index contributed by atoms with van der Waals surface area (Å²) in [5.41, 5.74) is -1.44. The molecule has 0 radical (unpaired) electrons. The second-order valence-electron chi connectivity index (χ2n) is 13.7. The van der Waals surface area contributed by atoms with Crippen molar-refractivity contribution in [2.24, 2.45) is 0 Å². The fourth-order valence-electron chi connectivity index (χ4n) is 6.20. The van der Waals surface area contributed by atoms with Gasteiger partial charge >= 0.3 is 18.1 Å². The maximum atomic E-state index is 13.5. The molecule has 1 aliphatic rings. The molecule has 9 nitrogen and oxygen atoms in total. The normalized spacial score (nSPS) is 14.1. The Morgan fingerprint density at radius 2 is 1.10 bits per heavy atom. The van der Waals surface area contributed by atoms with E-state index in [4.69, 9.17) is 23.8 Å². The summed E-state index contributed by atoms with van der Waals surface area (Å²) in [5.74, 6) is -0.297. The van der Waals surface area contributed by atoms with E-state index in [-0.39, 0.29) is 38.1 Å².